The van der Waals surface area contributed by atoms with Gasteiger partial charge in [0.1, 0.15) is 0 Å². The van der Waals surface area contributed by atoms with Crippen molar-refractivity contribution < 1.29 is 4.79 Å². The van der Waals surface area contributed by atoms with Gasteiger partial charge in [-0.1, -0.05) is 48.5 Å². The van der Waals surface area contributed by atoms with E-state index in [9.17, 15) is 9.59 Å². The maximum Gasteiger partial charge on any atom is 0.255 e. The number of carbonyl (C=O) groups excluding carboxylic acids is 1. The lowest BCUT2D eigenvalue weighted by molar-refractivity contribution is -0.122. The normalized spacial score (nSPS) is 18.5. The van der Waals surface area contributed by atoms with E-state index >= 15 is 0 Å². The lowest BCUT2D eigenvalue weighted by atomic mass is 9.76. The maximum atomic E-state index is 13.0. The van der Waals surface area contributed by atoms with Crippen molar-refractivity contribution >= 4 is 22.5 Å². The molecule has 5 rings (SSSR count). The van der Waals surface area contributed by atoms with Crippen LogP contribution in [-0.2, 0) is 4.79 Å². The molecule has 0 saturated heterocycles. The highest BCUT2D eigenvalue weighted by atomic mass is 16.2. The third kappa shape index (κ3) is 2.60. The molecule has 1 N–H and O–H groups in total. The number of aromatic amines is 1. The van der Waals surface area contributed by atoms with E-state index in [-0.39, 0.29) is 17.4 Å². The number of para-hydroxylation sites is 2. The number of fused-ring (bicyclic) bond motifs is 2. The fraction of sp³-hybridized carbons (Fsp3) is 0.0870. The molecule has 3 heterocycles. The molecule has 5 heteroatoms. The minimum absolute atomic E-state index is 0.277. The van der Waals surface area contributed by atoms with Gasteiger partial charge in [-0.25, -0.2) is 5.32 Å². The summed E-state index contributed by atoms with van der Waals surface area (Å²) in [4.78, 5) is 33.0. The van der Waals surface area contributed by atoms with Crippen LogP contribution in [0.15, 0.2) is 83.8 Å². The van der Waals surface area contributed by atoms with E-state index in [1.54, 1.807) is 18.3 Å². The number of amides is 1. The second-order valence-electron chi connectivity index (χ2n) is 6.85. The Morgan fingerprint density at radius 1 is 0.750 bits per heavy atom. The average molecular weight is 366 g/mol. The number of rotatable bonds is 2. The monoisotopic (exact) mass is 366 g/mol. The van der Waals surface area contributed by atoms with Crippen molar-refractivity contribution in [1.82, 2.24) is 15.3 Å². The second-order valence-corrected chi connectivity index (χ2v) is 6.85. The number of nitrogens with zero attached hydrogens (tertiary/aromatic N) is 2. The van der Waals surface area contributed by atoms with Gasteiger partial charge in [0.25, 0.3) is 11.5 Å². The highest BCUT2D eigenvalue weighted by Gasteiger charge is 2.40. The van der Waals surface area contributed by atoms with E-state index in [2.05, 4.69) is 10.3 Å². The van der Waals surface area contributed by atoms with E-state index < -0.39 is 5.92 Å². The first-order valence-electron chi connectivity index (χ1n) is 9.10. The Bertz CT molecular complexity index is 1260. The first kappa shape index (κ1) is 16.4. The molecule has 2 aromatic heterocycles. The van der Waals surface area contributed by atoms with Gasteiger partial charge in [0, 0.05) is 28.8 Å². The van der Waals surface area contributed by atoms with E-state index in [0.717, 1.165) is 22.2 Å². The fourth-order valence-corrected chi connectivity index (χ4v) is 3.94. The van der Waals surface area contributed by atoms with Gasteiger partial charge in [-0.05, 0) is 29.8 Å². The van der Waals surface area contributed by atoms with E-state index in [1.165, 1.54) is 0 Å². The number of pyridine rings is 2. The van der Waals surface area contributed by atoms with Gasteiger partial charge in [-0.2, -0.15) is 0 Å². The van der Waals surface area contributed by atoms with Crippen molar-refractivity contribution in [2.45, 2.75) is 11.8 Å². The van der Waals surface area contributed by atoms with Crippen molar-refractivity contribution in [2.75, 3.05) is 0 Å². The van der Waals surface area contributed by atoms with Crippen molar-refractivity contribution in [2.24, 2.45) is 0 Å². The Hall–Kier alpha value is -3.73. The molecule has 0 spiro atoms. The quantitative estimate of drug-likeness (QED) is 0.589. The molecule has 2 unspecified atom stereocenters. The average Bonchev–Trinajstić information content (AvgIpc) is 2.73. The molecule has 1 amide bonds. The molecule has 5 nitrogen and oxygen atoms in total. The van der Waals surface area contributed by atoms with E-state index in [1.807, 2.05) is 60.7 Å². The van der Waals surface area contributed by atoms with Gasteiger partial charge in [0.2, 0.25) is 0 Å². The zero-order valence-electron chi connectivity index (χ0n) is 14.9. The lowest BCUT2D eigenvalue weighted by Crippen LogP contribution is -2.35. The summed E-state index contributed by atoms with van der Waals surface area (Å²) in [5.74, 6) is -1.42. The predicted molar refractivity (Wildman–Crippen MR) is 107 cm³/mol. The topological polar surface area (TPSA) is 76.9 Å². The van der Waals surface area contributed by atoms with Gasteiger partial charge in [-0.3, -0.25) is 14.6 Å². The highest BCUT2D eigenvalue weighted by Crippen LogP contribution is 2.44. The van der Waals surface area contributed by atoms with Gasteiger partial charge < -0.3 is 4.98 Å². The number of H-pyrrole nitrogens is 1. The first-order valence-corrected chi connectivity index (χ1v) is 9.10. The summed E-state index contributed by atoms with van der Waals surface area (Å²) < 4.78 is 0. The predicted octanol–water partition coefficient (Wildman–Crippen LogP) is 3.61. The van der Waals surface area contributed by atoms with E-state index in [0.29, 0.717) is 11.3 Å². The SMILES string of the molecule is O=C1[N]c2ccccc2C(c2ccc3ccccc3n2)C1c1ccc[nH]c1=O. The van der Waals surface area contributed by atoms with Crippen molar-refractivity contribution in [3.05, 3.63) is 106 Å². The van der Waals surface area contributed by atoms with E-state index in [4.69, 9.17) is 4.98 Å². The molecule has 4 aromatic rings. The zero-order chi connectivity index (χ0) is 19.1. The number of nitrogens with one attached hydrogen (secondary N) is 1. The molecule has 0 fully saturated rings. The Labute approximate surface area is 161 Å². The second kappa shape index (κ2) is 6.46. The van der Waals surface area contributed by atoms with Crippen LogP contribution in [0, 0.1) is 0 Å². The molecule has 1 aliphatic heterocycles. The summed E-state index contributed by atoms with van der Waals surface area (Å²) in [6, 6.07) is 22.8. The summed E-state index contributed by atoms with van der Waals surface area (Å²) >= 11 is 0. The van der Waals surface area contributed by atoms with Crippen molar-refractivity contribution in [3.8, 4) is 0 Å². The summed E-state index contributed by atoms with van der Waals surface area (Å²) in [5.41, 5.74) is 3.27. The van der Waals surface area contributed by atoms with Gasteiger partial charge >= 0.3 is 0 Å². The maximum absolute atomic E-state index is 13.0. The molecule has 135 valence electrons. The van der Waals surface area contributed by atoms with Crippen LogP contribution in [0.25, 0.3) is 10.9 Å². The lowest BCUT2D eigenvalue weighted by Gasteiger charge is -2.31. The Morgan fingerprint density at radius 3 is 2.43 bits per heavy atom. The van der Waals surface area contributed by atoms with Gasteiger partial charge in [0.15, 0.2) is 0 Å². The molecule has 0 aliphatic carbocycles. The van der Waals surface area contributed by atoms with Crippen molar-refractivity contribution in [1.29, 1.82) is 0 Å². The molecule has 0 bridgehead atoms. The smallest absolute Gasteiger partial charge is 0.255 e. The van der Waals surface area contributed by atoms with Crippen LogP contribution >= 0.6 is 0 Å². The molecular weight excluding hydrogens is 350 g/mol. The largest absolute Gasteiger partial charge is 0.329 e. The third-order valence-electron chi connectivity index (χ3n) is 5.22. The number of hydrogen-bond acceptors (Lipinski definition) is 3. The number of hydrogen-bond donors (Lipinski definition) is 1. The van der Waals surface area contributed by atoms with Gasteiger partial charge in [-0.15, -0.1) is 0 Å². The first-order chi connectivity index (χ1) is 13.7. The molecule has 28 heavy (non-hydrogen) atoms. The fourth-order valence-electron chi connectivity index (χ4n) is 3.94. The zero-order valence-corrected chi connectivity index (χ0v) is 14.9. The number of benzene rings is 2. The van der Waals surface area contributed by atoms with Gasteiger partial charge in [0.05, 0.1) is 17.1 Å². The summed E-state index contributed by atoms with van der Waals surface area (Å²) in [6.07, 6.45) is 1.56. The van der Waals surface area contributed by atoms with Crippen LogP contribution in [0.2, 0.25) is 0 Å². The third-order valence-corrected chi connectivity index (χ3v) is 5.22. The van der Waals surface area contributed by atoms with Crippen LogP contribution in [0.5, 0.6) is 0 Å². The van der Waals surface area contributed by atoms with Crippen LogP contribution in [0.3, 0.4) is 0 Å². The molecule has 0 saturated carbocycles. The number of aromatic nitrogens is 2. The summed E-state index contributed by atoms with van der Waals surface area (Å²) in [7, 11) is 0. The molecular formula is C23H16N3O2. The van der Waals surface area contributed by atoms with Crippen molar-refractivity contribution in [3.63, 3.8) is 0 Å². The summed E-state index contributed by atoms with van der Waals surface area (Å²) in [5, 5.41) is 5.29. The highest BCUT2D eigenvalue weighted by molar-refractivity contribution is 5.92. The molecule has 2 atom stereocenters. The standard InChI is InChI=1S/C23H16N3O2/c27-22-16(8-5-13-24-22)21-20(15-7-2-4-10-18(15)26-23(21)28)19-12-11-14-6-1-3-9-17(14)25-19/h1-13,20-21H,(H,24,27). The van der Waals surface area contributed by atoms with Crippen LogP contribution < -0.4 is 10.9 Å². The molecule has 1 aliphatic rings. The van der Waals surface area contributed by atoms with Crippen LogP contribution in [-0.4, -0.2) is 15.9 Å². The Morgan fingerprint density at radius 2 is 1.54 bits per heavy atom. The van der Waals surface area contributed by atoms with Crippen LogP contribution in [0.4, 0.5) is 5.69 Å². The Balaban J connectivity index is 1.77. The number of carbonyl (C=O) groups is 1. The van der Waals surface area contributed by atoms with Crippen LogP contribution in [0.1, 0.15) is 28.7 Å². The minimum Gasteiger partial charge on any atom is -0.329 e. The summed E-state index contributed by atoms with van der Waals surface area (Å²) in [6.45, 7) is 0. The molecule has 2 aromatic carbocycles. The molecule has 1 radical (unpaired) electrons. The Kier molecular flexibility index (Phi) is 3.79. The minimum atomic E-state index is -0.714.